The van der Waals surface area contributed by atoms with Crippen molar-refractivity contribution in [3.63, 3.8) is 0 Å². The van der Waals surface area contributed by atoms with Crippen LogP contribution >= 0.6 is 0 Å². The van der Waals surface area contributed by atoms with Gasteiger partial charge in [0.2, 0.25) is 0 Å². The molecule has 0 heterocycles. The van der Waals surface area contributed by atoms with Crippen LogP contribution in [-0.4, -0.2) is 25.1 Å². The van der Waals surface area contributed by atoms with Gasteiger partial charge in [-0.15, -0.1) is 0 Å². The number of aldehydes is 1. The van der Waals surface area contributed by atoms with Gasteiger partial charge in [-0.05, 0) is 29.7 Å². The standard InChI is InChI=1S/C17H22N2O3/c1-12(2)13-4-6-15(7-5-13)19-16(8-9-20)10-14(18)11-17(21)22-3/h4-7,9-10,12H,8,11,18H2,1-3H3/b14-10-,19-16?. The second-order valence-corrected chi connectivity index (χ2v) is 5.19. The molecule has 2 N–H and O–H groups in total. The lowest BCUT2D eigenvalue weighted by Crippen LogP contribution is -2.10. The minimum absolute atomic E-state index is 0.0271. The highest BCUT2D eigenvalue weighted by Crippen LogP contribution is 2.19. The van der Waals surface area contributed by atoms with Crippen molar-refractivity contribution in [2.24, 2.45) is 10.7 Å². The van der Waals surface area contributed by atoms with Crippen LogP contribution in [0.25, 0.3) is 0 Å². The fraction of sp³-hybridized carbons (Fsp3) is 0.353. The van der Waals surface area contributed by atoms with Crippen LogP contribution in [0.5, 0.6) is 0 Å². The summed E-state index contributed by atoms with van der Waals surface area (Å²) < 4.78 is 4.55. The molecule has 0 saturated heterocycles. The number of nitrogens with zero attached hydrogens (tertiary/aromatic N) is 1. The van der Waals surface area contributed by atoms with Crippen LogP contribution in [0.4, 0.5) is 5.69 Å². The van der Waals surface area contributed by atoms with Crippen LogP contribution in [0, 0.1) is 0 Å². The Bertz CT molecular complexity index is 572. The Balaban J connectivity index is 2.95. The first-order valence-electron chi connectivity index (χ1n) is 7.10. The molecule has 0 aliphatic heterocycles. The molecule has 0 unspecified atom stereocenters. The van der Waals surface area contributed by atoms with Crippen LogP contribution in [0.3, 0.4) is 0 Å². The molecular weight excluding hydrogens is 280 g/mol. The quantitative estimate of drug-likeness (QED) is 0.477. The van der Waals surface area contributed by atoms with Crippen molar-refractivity contribution in [3.05, 3.63) is 41.6 Å². The molecule has 0 spiro atoms. The molecular formula is C17H22N2O3. The van der Waals surface area contributed by atoms with Crippen molar-refractivity contribution in [1.29, 1.82) is 0 Å². The van der Waals surface area contributed by atoms with Crippen LogP contribution in [0.2, 0.25) is 0 Å². The molecule has 0 aliphatic rings. The van der Waals surface area contributed by atoms with Crippen molar-refractivity contribution in [1.82, 2.24) is 0 Å². The zero-order valence-corrected chi connectivity index (χ0v) is 13.2. The van der Waals surface area contributed by atoms with E-state index in [2.05, 4.69) is 23.6 Å². The lowest BCUT2D eigenvalue weighted by Gasteiger charge is -2.05. The van der Waals surface area contributed by atoms with Crippen molar-refractivity contribution in [3.8, 4) is 0 Å². The van der Waals surface area contributed by atoms with Crippen LogP contribution < -0.4 is 5.73 Å². The first-order chi connectivity index (χ1) is 10.5. The van der Waals surface area contributed by atoms with Gasteiger partial charge >= 0.3 is 5.97 Å². The van der Waals surface area contributed by atoms with E-state index in [0.29, 0.717) is 17.3 Å². The summed E-state index contributed by atoms with van der Waals surface area (Å²) in [6.45, 7) is 4.23. The van der Waals surface area contributed by atoms with E-state index in [4.69, 9.17) is 5.73 Å². The van der Waals surface area contributed by atoms with Crippen molar-refractivity contribution >= 4 is 23.7 Å². The summed E-state index contributed by atoms with van der Waals surface area (Å²) in [5.41, 5.74) is 8.54. The highest BCUT2D eigenvalue weighted by atomic mass is 16.5. The maximum Gasteiger partial charge on any atom is 0.311 e. The highest BCUT2D eigenvalue weighted by Gasteiger charge is 2.05. The minimum atomic E-state index is -0.430. The van der Waals surface area contributed by atoms with Crippen molar-refractivity contribution < 1.29 is 14.3 Å². The Morgan fingerprint density at radius 1 is 1.32 bits per heavy atom. The average Bonchev–Trinajstić information content (AvgIpc) is 2.47. The van der Waals surface area contributed by atoms with Gasteiger partial charge in [-0.25, -0.2) is 0 Å². The molecule has 1 aromatic carbocycles. The van der Waals surface area contributed by atoms with E-state index in [1.807, 2.05) is 24.3 Å². The Kier molecular flexibility index (Phi) is 7.02. The number of esters is 1. The number of hydrogen-bond donors (Lipinski definition) is 1. The third-order valence-corrected chi connectivity index (χ3v) is 3.05. The summed E-state index contributed by atoms with van der Waals surface area (Å²) in [5.74, 6) is 0.0172. The normalized spacial score (nSPS) is 12.4. The first-order valence-corrected chi connectivity index (χ1v) is 7.10. The molecule has 1 aromatic rings. The highest BCUT2D eigenvalue weighted by molar-refractivity contribution is 6.04. The molecule has 0 bridgehead atoms. The monoisotopic (exact) mass is 302 g/mol. The van der Waals surface area contributed by atoms with E-state index in [0.717, 1.165) is 12.0 Å². The Labute approximate surface area is 130 Å². The van der Waals surface area contributed by atoms with Crippen molar-refractivity contribution in [2.75, 3.05) is 7.11 Å². The summed E-state index contributed by atoms with van der Waals surface area (Å²) in [6, 6.07) is 7.79. The lowest BCUT2D eigenvalue weighted by molar-refractivity contribution is -0.139. The zero-order valence-electron chi connectivity index (χ0n) is 13.2. The predicted molar refractivity (Wildman–Crippen MR) is 87.2 cm³/mol. The number of carbonyl (C=O) groups is 2. The topological polar surface area (TPSA) is 81.8 Å². The molecule has 0 aromatic heterocycles. The third-order valence-electron chi connectivity index (χ3n) is 3.05. The third kappa shape index (κ3) is 5.91. The molecule has 0 radical (unpaired) electrons. The fourth-order valence-electron chi connectivity index (χ4n) is 1.83. The number of methoxy groups -OCH3 is 1. The van der Waals surface area contributed by atoms with Crippen LogP contribution in [0.15, 0.2) is 41.0 Å². The molecule has 5 nitrogen and oxygen atoms in total. The zero-order chi connectivity index (χ0) is 16.5. The summed E-state index contributed by atoms with van der Waals surface area (Å²) in [7, 11) is 1.30. The molecule has 22 heavy (non-hydrogen) atoms. The summed E-state index contributed by atoms with van der Waals surface area (Å²) >= 11 is 0. The van der Waals surface area contributed by atoms with E-state index in [1.165, 1.54) is 12.7 Å². The SMILES string of the molecule is COC(=O)C/C(N)=C/C(CC=O)=Nc1ccc(C(C)C)cc1. The average molecular weight is 302 g/mol. The Morgan fingerprint density at radius 2 is 1.95 bits per heavy atom. The summed E-state index contributed by atoms with van der Waals surface area (Å²) in [4.78, 5) is 26.3. The van der Waals surface area contributed by atoms with Crippen LogP contribution in [-0.2, 0) is 14.3 Å². The van der Waals surface area contributed by atoms with Gasteiger partial charge < -0.3 is 15.3 Å². The van der Waals surface area contributed by atoms with E-state index in [1.54, 1.807) is 6.08 Å². The first kappa shape index (κ1) is 17.6. The van der Waals surface area contributed by atoms with Gasteiger partial charge in [0.25, 0.3) is 0 Å². The number of carbonyl (C=O) groups excluding carboxylic acids is 2. The second kappa shape index (κ2) is 8.77. The smallest absolute Gasteiger partial charge is 0.311 e. The summed E-state index contributed by atoms with van der Waals surface area (Å²) in [5, 5.41) is 0. The van der Waals surface area contributed by atoms with Gasteiger partial charge in [0.15, 0.2) is 0 Å². The maximum absolute atomic E-state index is 11.2. The van der Waals surface area contributed by atoms with E-state index in [9.17, 15) is 9.59 Å². The molecule has 0 fully saturated rings. The number of ether oxygens (including phenoxy) is 1. The number of nitrogens with two attached hydrogens (primary N) is 1. The number of hydrogen-bond acceptors (Lipinski definition) is 5. The largest absolute Gasteiger partial charge is 0.469 e. The molecule has 118 valence electrons. The van der Waals surface area contributed by atoms with E-state index < -0.39 is 5.97 Å². The molecule has 0 atom stereocenters. The van der Waals surface area contributed by atoms with Gasteiger partial charge in [-0.1, -0.05) is 26.0 Å². The number of benzene rings is 1. The Morgan fingerprint density at radius 3 is 2.45 bits per heavy atom. The van der Waals surface area contributed by atoms with Gasteiger partial charge in [0, 0.05) is 17.8 Å². The number of aliphatic imine (C=N–C) groups is 1. The molecule has 0 aliphatic carbocycles. The molecule has 5 heteroatoms. The Hall–Kier alpha value is -2.43. The maximum atomic E-state index is 11.2. The number of rotatable bonds is 7. The van der Waals surface area contributed by atoms with E-state index in [-0.39, 0.29) is 12.8 Å². The van der Waals surface area contributed by atoms with Gasteiger partial charge in [-0.2, -0.15) is 0 Å². The molecule has 0 amide bonds. The summed E-state index contributed by atoms with van der Waals surface area (Å²) in [6.07, 6.45) is 2.40. The van der Waals surface area contributed by atoms with Gasteiger partial charge in [-0.3, -0.25) is 9.79 Å². The van der Waals surface area contributed by atoms with Gasteiger partial charge in [0.1, 0.15) is 6.29 Å². The van der Waals surface area contributed by atoms with Crippen molar-refractivity contribution in [2.45, 2.75) is 32.6 Å². The lowest BCUT2D eigenvalue weighted by atomic mass is 10.0. The van der Waals surface area contributed by atoms with Gasteiger partial charge in [0.05, 0.1) is 19.2 Å². The van der Waals surface area contributed by atoms with E-state index >= 15 is 0 Å². The number of allylic oxidation sites excluding steroid dienone is 1. The predicted octanol–water partition coefficient (Wildman–Crippen LogP) is 2.88. The fourth-order valence-corrected chi connectivity index (χ4v) is 1.83. The van der Waals surface area contributed by atoms with Crippen LogP contribution in [0.1, 0.15) is 38.2 Å². The second-order valence-electron chi connectivity index (χ2n) is 5.19. The minimum Gasteiger partial charge on any atom is -0.469 e. The molecule has 0 saturated carbocycles. The molecule has 1 rings (SSSR count).